The van der Waals surface area contributed by atoms with Gasteiger partial charge in [-0.05, 0) is 50.2 Å². The Bertz CT molecular complexity index is 1140. The van der Waals surface area contributed by atoms with Crippen LogP contribution in [0.3, 0.4) is 0 Å². The summed E-state index contributed by atoms with van der Waals surface area (Å²) in [6.07, 6.45) is 5.21. The standard InChI is InChI=1S/C22H21N7O/c1-15-3-5-18(6-4-15)27-22(30)28-19-9-7-17(8-10-19)26-20-13-21(25-16(2)24-20)29-12-11-23-14-29/h3-14H,1-2H3,(H,24,25,26)(H2,27,28,30). The van der Waals surface area contributed by atoms with Crippen LogP contribution in [0.1, 0.15) is 11.4 Å². The number of hydrogen-bond donors (Lipinski definition) is 3. The van der Waals surface area contributed by atoms with Crippen molar-refractivity contribution in [2.75, 3.05) is 16.0 Å². The summed E-state index contributed by atoms with van der Waals surface area (Å²) in [6.45, 7) is 3.84. The number of carbonyl (C=O) groups excluding carboxylic acids is 1. The largest absolute Gasteiger partial charge is 0.340 e. The van der Waals surface area contributed by atoms with Crippen LogP contribution < -0.4 is 16.0 Å². The summed E-state index contributed by atoms with van der Waals surface area (Å²) in [5.74, 6) is 2.05. The summed E-state index contributed by atoms with van der Waals surface area (Å²) < 4.78 is 1.82. The number of aromatic nitrogens is 4. The van der Waals surface area contributed by atoms with Crippen molar-refractivity contribution in [3.63, 3.8) is 0 Å². The number of hydrogen-bond acceptors (Lipinski definition) is 5. The molecule has 0 saturated heterocycles. The Hall–Kier alpha value is -4.20. The van der Waals surface area contributed by atoms with Crippen LogP contribution in [0.15, 0.2) is 73.3 Å². The Balaban J connectivity index is 1.40. The van der Waals surface area contributed by atoms with Crippen molar-refractivity contribution in [2.24, 2.45) is 0 Å². The Morgan fingerprint density at radius 3 is 2.13 bits per heavy atom. The average Bonchev–Trinajstić information content (AvgIpc) is 3.26. The van der Waals surface area contributed by atoms with Gasteiger partial charge >= 0.3 is 6.03 Å². The van der Waals surface area contributed by atoms with Gasteiger partial charge in [-0.3, -0.25) is 4.57 Å². The van der Waals surface area contributed by atoms with E-state index >= 15 is 0 Å². The quantitative estimate of drug-likeness (QED) is 0.453. The molecule has 0 aliphatic heterocycles. The predicted octanol–water partition coefficient (Wildman–Crippen LogP) is 4.67. The molecule has 4 aromatic rings. The topological polar surface area (TPSA) is 96.8 Å². The first kappa shape index (κ1) is 19.1. The maximum absolute atomic E-state index is 12.2. The van der Waals surface area contributed by atoms with E-state index in [0.717, 1.165) is 22.8 Å². The molecule has 0 radical (unpaired) electrons. The zero-order valence-electron chi connectivity index (χ0n) is 16.6. The second-order valence-corrected chi connectivity index (χ2v) is 6.78. The zero-order chi connectivity index (χ0) is 20.9. The number of urea groups is 1. The molecule has 3 N–H and O–H groups in total. The number of imidazole rings is 1. The number of nitrogens with one attached hydrogen (secondary N) is 3. The molecule has 8 nitrogen and oxygen atoms in total. The van der Waals surface area contributed by atoms with E-state index in [2.05, 4.69) is 30.9 Å². The second-order valence-electron chi connectivity index (χ2n) is 6.78. The van der Waals surface area contributed by atoms with E-state index in [-0.39, 0.29) is 6.03 Å². The fraction of sp³-hybridized carbons (Fsp3) is 0.0909. The minimum atomic E-state index is -0.295. The average molecular weight is 399 g/mol. The molecule has 30 heavy (non-hydrogen) atoms. The van der Waals surface area contributed by atoms with E-state index in [1.807, 2.05) is 79.2 Å². The van der Waals surface area contributed by atoms with Gasteiger partial charge in [0.1, 0.15) is 23.8 Å². The van der Waals surface area contributed by atoms with Crippen molar-refractivity contribution in [1.82, 2.24) is 19.5 Å². The van der Waals surface area contributed by atoms with Crippen LogP contribution in [-0.2, 0) is 0 Å². The molecule has 150 valence electrons. The third-order valence-electron chi connectivity index (χ3n) is 4.32. The number of rotatable bonds is 5. The minimum Gasteiger partial charge on any atom is -0.340 e. The number of carbonyl (C=O) groups is 1. The molecule has 4 rings (SSSR count). The molecule has 8 heteroatoms. The van der Waals surface area contributed by atoms with E-state index in [1.54, 1.807) is 12.5 Å². The van der Waals surface area contributed by atoms with Gasteiger partial charge in [-0.1, -0.05) is 17.7 Å². The highest BCUT2D eigenvalue weighted by atomic mass is 16.2. The molecule has 0 atom stereocenters. The Labute approximate surface area is 174 Å². The SMILES string of the molecule is Cc1ccc(NC(=O)Nc2ccc(Nc3cc(-n4ccnc4)nc(C)n3)cc2)cc1. The summed E-state index contributed by atoms with van der Waals surface area (Å²) in [5.41, 5.74) is 3.40. The highest BCUT2D eigenvalue weighted by Crippen LogP contribution is 2.20. The molecular formula is C22H21N7O. The maximum Gasteiger partial charge on any atom is 0.323 e. The normalized spacial score (nSPS) is 10.5. The van der Waals surface area contributed by atoms with E-state index in [0.29, 0.717) is 17.3 Å². The molecule has 2 aromatic heterocycles. The molecule has 0 aliphatic rings. The first-order valence-electron chi connectivity index (χ1n) is 9.41. The van der Waals surface area contributed by atoms with E-state index < -0.39 is 0 Å². The Morgan fingerprint density at radius 1 is 0.867 bits per heavy atom. The van der Waals surface area contributed by atoms with E-state index in [9.17, 15) is 4.79 Å². The van der Waals surface area contributed by atoms with Crippen LogP contribution in [0.4, 0.5) is 27.7 Å². The molecule has 0 fully saturated rings. The molecule has 0 aliphatic carbocycles. The van der Waals surface area contributed by atoms with Gasteiger partial charge < -0.3 is 16.0 Å². The minimum absolute atomic E-state index is 0.295. The van der Waals surface area contributed by atoms with Crippen molar-refractivity contribution in [2.45, 2.75) is 13.8 Å². The van der Waals surface area contributed by atoms with Crippen LogP contribution in [0.5, 0.6) is 0 Å². The predicted molar refractivity (Wildman–Crippen MR) is 117 cm³/mol. The van der Waals surface area contributed by atoms with Crippen molar-refractivity contribution in [1.29, 1.82) is 0 Å². The summed E-state index contributed by atoms with van der Waals surface area (Å²) >= 11 is 0. The maximum atomic E-state index is 12.2. The number of aryl methyl sites for hydroxylation is 2. The molecule has 0 saturated carbocycles. The third-order valence-corrected chi connectivity index (χ3v) is 4.32. The molecule has 0 bridgehead atoms. The summed E-state index contributed by atoms with van der Waals surface area (Å²) in [6, 6.07) is 16.6. The van der Waals surface area contributed by atoms with Gasteiger partial charge in [0.2, 0.25) is 0 Å². The molecule has 2 heterocycles. The van der Waals surface area contributed by atoms with Crippen molar-refractivity contribution in [3.8, 4) is 5.82 Å². The van der Waals surface area contributed by atoms with Gasteiger partial charge in [0.15, 0.2) is 0 Å². The van der Waals surface area contributed by atoms with Crippen LogP contribution in [0, 0.1) is 13.8 Å². The second kappa shape index (κ2) is 8.44. The summed E-state index contributed by atoms with van der Waals surface area (Å²) in [4.78, 5) is 25.1. The zero-order valence-corrected chi connectivity index (χ0v) is 16.6. The molecule has 2 aromatic carbocycles. The number of benzene rings is 2. The highest BCUT2D eigenvalue weighted by molar-refractivity contribution is 5.99. The van der Waals surface area contributed by atoms with E-state index in [1.165, 1.54) is 0 Å². The van der Waals surface area contributed by atoms with Crippen molar-refractivity contribution in [3.05, 3.63) is 84.7 Å². The lowest BCUT2D eigenvalue weighted by Gasteiger charge is -2.11. The number of nitrogens with zero attached hydrogens (tertiary/aromatic N) is 4. The van der Waals surface area contributed by atoms with Crippen molar-refractivity contribution < 1.29 is 4.79 Å². The van der Waals surface area contributed by atoms with Gasteiger partial charge in [0.25, 0.3) is 0 Å². The molecule has 0 spiro atoms. The van der Waals surface area contributed by atoms with Gasteiger partial charge in [-0.15, -0.1) is 0 Å². The van der Waals surface area contributed by atoms with Crippen molar-refractivity contribution >= 4 is 28.9 Å². The lowest BCUT2D eigenvalue weighted by molar-refractivity contribution is 0.262. The molecular weight excluding hydrogens is 378 g/mol. The third kappa shape index (κ3) is 4.79. The first-order valence-corrected chi connectivity index (χ1v) is 9.41. The van der Waals surface area contributed by atoms with Gasteiger partial charge in [-0.2, -0.15) is 0 Å². The Kier molecular flexibility index (Phi) is 5.38. The Morgan fingerprint density at radius 2 is 1.50 bits per heavy atom. The number of anilines is 4. The van der Waals surface area contributed by atoms with E-state index in [4.69, 9.17) is 0 Å². The fourth-order valence-electron chi connectivity index (χ4n) is 2.86. The fourth-order valence-corrected chi connectivity index (χ4v) is 2.86. The van der Waals surface area contributed by atoms with Crippen LogP contribution in [0.2, 0.25) is 0 Å². The lowest BCUT2D eigenvalue weighted by atomic mass is 10.2. The molecule has 2 amide bonds. The van der Waals surface area contributed by atoms with Gasteiger partial charge in [0.05, 0.1) is 0 Å². The smallest absolute Gasteiger partial charge is 0.323 e. The number of amides is 2. The highest BCUT2D eigenvalue weighted by Gasteiger charge is 2.06. The summed E-state index contributed by atoms with van der Waals surface area (Å²) in [5, 5.41) is 8.89. The first-order chi connectivity index (χ1) is 14.5. The lowest BCUT2D eigenvalue weighted by Crippen LogP contribution is -2.19. The van der Waals surface area contributed by atoms with Gasteiger partial charge in [-0.25, -0.2) is 19.7 Å². The monoisotopic (exact) mass is 399 g/mol. The van der Waals surface area contributed by atoms with Crippen LogP contribution in [-0.4, -0.2) is 25.6 Å². The van der Waals surface area contributed by atoms with Crippen LogP contribution >= 0.6 is 0 Å². The van der Waals surface area contributed by atoms with Crippen LogP contribution in [0.25, 0.3) is 5.82 Å². The summed E-state index contributed by atoms with van der Waals surface area (Å²) in [7, 11) is 0. The van der Waals surface area contributed by atoms with Gasteiger partial charge in [0, 0.05) is 35.5 Å². The molecule has 0 unspecified atom stereocenters.